The third-order valence-corrected chi connectivity index (χ3v) is 1.31. The van der Waals surface area contributed by atoms with E-state index < -0.39 is 30.4 Å². The molecule has 0 aliphatic rings. The van der Waals surface area contributed by atoms with Gasteiger partial charge in [0.2, 0.25) is 0 Å². The molecule has 0 saturated heterocycles. The summed E-state index contributed by atoms with van der Waals surface area (Å²) in [5.41, 5.74) is 0. The maximum atomic E-state index is 10.2. The van der Waals surface area contributed by atoms with Crippen molar-refractivity contribution in [2.24, 2.45) is 5.92 Å². The first-order valence-electron chi connectivity index (χ1n) is 4.15. The smallest absolute Gasteiger partial charge is 1.00 e. The van der Waals surface area contributed by atoms with Gasteiger partial charge in [-0.3, -0.25) is 9.59 Å². The molecule has 0 bridgehead atoms. The summed E-state index contributed by atoms with van der Waals surface area (Å²) in [6.45, 7) is 0.971. The minimum absolute atomic E-state index is 0. The average Bonchev–Trinajstić information content (AvgIpc) is 2.14. The van der Waals surface area contributed by atoms with E-state index in [1.165, 1.54) is 0 Å². The Bertz CT molecular complexity index is 220. The van der Waals surface area contributed by atoms with Crippen LogP contribution in [0.3, 0.4) is 0 Å². The molecule has 0 heterocycles. The van der Waals surface area contributed by atoms with E-state index >= 15 is 0 Å². The molecule has 90 valence electrons. The zero-order chi connectivity index (χ0) is 12.4. The van der Waals surface area contributed by atoms with Gasteiger partial charge < -0.3 is 21.9 Å². The van der Waals surface area contributed by atoms with Crippen molar-refractivity contribution in [1.82, 2.24) is 0 Å². The van der Waals surface area contributed by atoms with Crippen LogP contribution in [0.1, 0.15) is 21.2 Å². The molecule has 0 radical (unpaired) electrons. The van der Waals surface area contributed by atoms with E-state index in [0.717, 1.165) is 0 Å². The number of aliphatic hydroxyl groups excluding tert-OH is 1. The number of aliphatic hydroxyl groups is 1. The van der Waals surface area contributed by atoms with Gasteiger partial charge in [-0.2, -0.15) is 0 Å². The summed E-state index contributed by atoms with van der Waals surface area (Å²) in [6, 6.07) is 0. The van der Waals surface area contributed by atoms with Crippen LogP contribution < -0.4 is 29.6 Å². The predicted molar refractivity (Wildman–Crippen MR) is 49.5 cm³/mol. The average molecular weight is 246 g/mol. The monoisotopic (exact) mass is 246 g/mol. The van der Waals surface area contributed by atoms with Crippen molar-refractivity contribution in [2.75, 3.05) is 6.61 Å². The van der Waals surface area contributed by atoms with Crippen molar-refractivity contribution >= 4 is 17.9 Å². The van der Waals surface area contributed by atoms with Gasteiger partial charge in [0.05, 0.1) is 0 Å². The van der Waals surface area contributed by atoms with E-state index in [9.17, 15) is 9.59 Å². The van der Waals surface area contributed by atoms with Crippen molar-refractivity contribution in [2.45, 2.75) is 19.8 Å². The summed E-state index contributed by atoms with van der Waals surface area (Å²) < 4.78 is 0. The number of hydrogen-bond acceptors (Lipinski definition) is 4. The molecular weight excluding hydrogens is 231 g/mol. The number of hydrogen-bond donors (Lipinski definition) is 4. The minimum Gasteiger partial charge on any atom is -1.00 e. The molecule has 0 fully saturated rings. The van der Waals surface area contributed by atoms with E-state index in [0.29, 0.717) is 6.42 Å². The first-order valence-corrected chi connectivity index (χ1v) is 4.15. The Morgan fingerprint density at radius 2 is 1.44 bits per heavy atom. The molecule has 0 aromatic rings. The van der Waals surface area contributed by atoms with Crippen molar-refractivity contribution in [3.63, 3.8) is 0 Å². The first-order chi connectivity index (χ1) is 6.86. The fourth-order valence-corrected chi connectivity index (χ4v) is 0.641. The van der Waals surface area contributed by atoms with Gasteiger partial charge in [0.15, 0.2) is 5.92 Å². The number of aliphatic carboxylic acids is 3. The topological polar surface area (TPSA) is 132 Å². The van der Waals surface area contributed by atoms with Crippen LogP contribution in [0.5, 0.6) is 0 Å². The summed E-state index contributed by atoms with van der Waals surface area (Å²) in [7, 11) is 0. The van der Waals surface area contributed by atoms with Gasteiger partial charge in [-0.1, -0.05) is 13.3 Å². The fourth-order valence-electron chi connectivity index (χ4n) is 0.641. The molecule has 0 atom stereocenters. The van der Waals surface area contributed by atoms with Crippen LogP contribution in [0, 0.1) is 5.92 Å². The molecule has 0 rings (SSSR count). The molecule has 0 aliphatic heterocycles. The molecule has 7 nitrogen and oxygen atoms in total. The zero-order valence-electron chi connectivity index (χ0n) is 10.2. The fraction of sp³-hybridized carbons (Fsp3) is 0.625. The van der Waals surface area contributed by atoms with Crippen LogP contribution >= 0.6 is 0 Å². The van der Waals surface area contributed by atoms with E-state index in [-0.39, 0.29) is 37.4 Å². The molecule has 16 heavy (non-hydrogen) atoms. The molecule has 0 unspecified atom stereocenters. The van der Waals surface area contributed by atoms with Crippen molar-refractivity contribution in [3.05, 3.63) is 0 Å². The third kappa shape index (κ3) is 13.4. The van der Waals surface area contributed by atoms with Crippen molar-refractivity contribution in [1.29, 1.82) is 0 Å². The quantitative estimate of drug-likeness (QED) is 0.296. The predicted octanol–water partition coefficient (Wildman–Crippen LogP) is -3.25. The minimum atomic E-state index is -1.26. The molecule has 4 N–H and O–H groups in total. The number of carboxylic acid groups (broad SMARTS) is 3. The van der Waals surface area contributed by atoms with Gasteiger partial charge in [0, 0.05) is 0 Å². The Hall–Kier alpha value is -0.630. The molecule has 0 saturated carbocycles. The number of rotatable bonds is 5. The summed E-state index contributed by atoms with van der Waals surface area (Å²) in [4.78, 5) is 29.4. The second kappa shape index (κ2) is 12.4. The van der Waals surface area contributed by atoms with Crippen LogP contribution in [0.15, 0.2) is 0 Å². The Morgan fingerprint density at radius 3 is 1.50 bits per heavy atom. The molecule has 0 aromatic heterocycles. The van der Waals surface area contributed by atoms with E-state index in [4.69, 9.17) is 25.2 Å². The maximum Gasteiger partial charge on any atom is 1.00 e. The van der Waals surface area contributed by atoms with Crippen LogP contribution in [-0.4, -0.2) is 44.9 Å². The zero-order valence-corrected chi connectivity index (χ0v) is 11.2. The number of carboxylic acids is 3. The van der Waals surface area contributed by atoms with Gasteiger partial charge in [-0.25, -0.2) is 4.79 Å². The second-order valence-electron chi connectivity index (χ2n) is 2.57. The van der Waals surface area contributed by atoms with Gasteiger partial charge in [0.25, 0.3) is 0 Å². The summed E-state index contributed by atoms with van der Waals surface area (Å²) in [5.74, 6) is -4.93. The van der Waals surface area contributed by atoms with E-state index in [1.807, 2.05) is 0 Å². The summed E-state index contributed by atoms with van der Waals surface area (Å²) in [6.07, 6.45) is 0.772. The van der Waals surface area contributed by atoms with Crippen LogP contribution in [0.2, 0.25) is 0 Å². The maximum absolute atomic E-state index is 10.2. The summed E-state index contributed by atoms with van der Waals surface area (Å²) in [5, 5.41) is 31.6. The molecule has 0 spiro atoms. The largest absolute Gasteiger partial charge is 1.00 e. The molecule has 0 aliphatic carbocycles. The summed E-state index contributed by atoms with van der Waals surface area (Å²) >= 11 is 0. The Labute approximate surface area is 116 Å². The second-order valence-corrected chi connectivity index (χ2v) is 2.57. The normalized spacial score (nSPS) is 8.44. The van der Waals surface area contributed by atoms with Crippen molar-refractivity contribution in [3.8, 4) is 0 Å². The van der Waals surface area contributed by atoms with Crippen molar-refractivity contribution < 1.29 is 65.8 Å². The van der Waals surface area contributed by atoms with E-state index in [1.54, 1.807) is 6.92 Å². The van der Waals surface area contributed by atoms with E-state index in [2.05, 4.69) is 0 Å². The number of carbonyl (C=O) groups is 3. The Balaban J connectivity index is -0.000000105. The van der Waals surface area contributed by atoms with Crippen LogP contribution in [0.4, 0.5) is 0 Å². The van der Waals surface area contributed by atoms with Gasteiger partial charge in [-0.05, 0) is 6.42 Å². The third-order valence-electron chi connectivity index (χ3n) is 1.31. The van der Waals surface area contributed by atoms with Gasteiger partial charge in [-0.15, -0.1) is 0 Å². The SMILES string of the molecule is CCCC(C(=O)O)C(=O)O.O=C(O)CO.[H-].[Na+]. The Morgan fingerprint density at radius 1 is 1.12 bits per heavy atom. The van der Waals surface area contributed by atoms with Crippen LogP contribution in [0.25, 0.3) is 0 Å². The van der Waals surface area contributed by atoms with Gasteiger partial charge >= 0.3 is 47.5 Å². The molecule has 0 amide bonds. The first kappa shape index (κ1) is 20.7. The standard InChI is InChI=1S/C6H10O4.C2H4O3.Na.H/c1-2-3-4(5(7)8)6(9)10;3-1-2(4)5;;/h4H,2-3H2,1H3,(H,7,8)(H,9,10);3H,1H2,(H,4,5);;/q;;+1;-1. The Kier molecular flexibility index (Phi) is 16.1. The van der Waals surface area contributed by atoms with Crippen LogP contribution in [-0.2, 0) is 14.4 Å². The molecule has 8 heteroatoms. The van der Waals surface area contributed by atoms with Gasteiger partial charge in [0.1, 0.15) is 6.61 Å². The molecule has 0 aromatic carbocycles. The molecular formula is C8H15NaO7.